The summed E-state index contributed by atoms with van der Waals surface area (Å²) in [5.41, 5.74) is 0.483. The van der Waals surface area contributed by atoms with Crippen molar-refractivity contribution in [1.29, 1.82) is 0 Å². The number of aromatic nitrogens is 3. The molecule has 3 heterocycles. The number of aliphatic hydroxyl groups is 1. The summed E-state index contributed by atoms with van der Waals surface area (Å²) < 4.78 is 5.12. The molecule has 0 spiro atoms. The highest BCUT2D eigenvalue weighted by atomic mass is 16.5. The van der Waals surface area contributed by atoms with Crippen molar-refractivity contribution in [2.45, 2.75) is 39.2 Å². The zero-order valence-electron chi connectivity index (χ0n) is 15.2. The Balaban J connectivity index is 1.56. The van der Waals surface area contributed by atoms with Crippen LogP contribution >= 0.6 is 0 Å². The maximum Gasteiger partial charge on any atom is 0.253 e. The molecule has 1 amide bonds. The zero-order valence-corrected chi connectivity index (χ0v) is 15.2. The second-order valence-electron chi connectivity index (χ2n) is 6.93. The number of hydrogen-bond acceptors (Lipinski definition) is 7. The number of anilines is 1. The molecule has 0 radical (unpaired) electrons. The smallest absolute Gasteiger partial charge is 0.253 e. The first-order valence-corrected chi connectivity index (χ1v) is 8.99. The lowest BCUT2D eigenvalue weighted by Gasteiger charge is -2.32. The molecular formula is C18H25N5O3. The van der Waals surface area contributed by atoms with Crippen molar-refractivity contribution in [3.05, 3.63) is 35.6 Å². The predicted octanol–water partition coefficient (Wildman–Crippen LogP) is 1.73. The van der Waals surface area contributed by atoms with Gasteiger partial charge in [-0.05, 0) is 30.9 Å². The van der Waals surface area contributed by atoms with Gasteiger partial charge in [0, 0.05) is 31.8 Å². The van der Waals surface area contributed by atoms with Crippen LogP contribution in [0.3, 0.4) is 0 Å². The standard InChI is InChI=1S/C18H25N5O3/c1-12(2)18-21-15(22-26-18)9-20-17(25)14-5-6-16(19-8-14)23-7-3-4-13(10-23)11-24/h5-6,8,12-13,24H,3-4,7,9-11H2,1-2H3,(H,20,25)/t13-/m1/s1. The predicted molar refractivity (Wildman–Crippen MR) is 95.8 cm³/mol. The largest absolute Gasteiger partial charge is 0.396 e. The minimum absolute atomic E-state index is 0.156. The van der Waals surface area contributed by atoms with Crippen LogP contribution in [0.4, 0.5) is 5.82 Å². The molecule has 1 atom stereocenters. The lowest BCUT2D eigenvalue weighted by atomic mass is 9.99. The monoisotopic (exact) mass is 359 g/mol. The van der Waals surface area contributed by atoms with Crippen LogP contribution in [0, 0.1) is 5.92 Å². The van der Waals surface area contributed by atoms with Gasteiger partial charge < -0.3 is 19.8 Å². The average molecular weight is 359 g/mol. The Hall–Kier alpha value is -2.48. The minimum atomic E-state index is -0.230. The fraction of sp³-hybridized carbons (Fsp3) is 0.556. The van der Waals surface area contributed by atoms with Gasteiger partial charge in [0.25, 0.3) is 5.91 Å². The van der Waals surface area contributed by atoms with Gasteiger partial charge in [0.05, 0.1) is 12.1 Å². The van der Waals surface area contributed by atoms with Crippen molar-refractivity contribution in [3.8, 4) is 0 Å². The van der Waals surface area contributed by atoms with Crippen molar-refractivity contribution in [3.63, 3.8) is 0 Å². The molecule has 2 aromatic heterocycles. The van der Waals surface area contributed by atoms with Gasteiger partial charge in [-0.3, -0.25) is 4.79 Å². The van der Waals surface area contributed by atoms with E-state index in [1.165, 1.54) is 0 Å². The fourth-order valence-electron chi connectivity index (χ4n) is 2.96. The number of aliphatic hydroxyl groups excluding tert-OH is 1. The van der Waals surface area contributed by atoms with E-state index in [1.54, 1.807) is 12.3 Å². The number of pyridine rings is 1. The third-order valence-corrected chi connectivity index (χ3v) is 4.50. The number of carbonyl (C=O) groups is 1. The van der Waals surface area contributed by atoms with E-state index in [4.69, 9.17) is 4.52 Å². The van der Waals surface area contributed by atoms with E-state index < -0.39 is 0 Å². The number of amides is 1. The second-order valence-corrected chi connectivity index (χ2v) is 6.93. The van der Waals surface area contributed by atoms with Crippen LogP contribution in [0.5, 0.6) is 0 Å². The topological polar surface area (TPSA) is 104 Å². The van der Waals surface area contributed by atoms with Crippen molar-refractivity contribution < 1.29 is 14.4 Å². The maximum absolute atomic E-state index is 12.3. The molecule has 140 valence electrons. The molecule has 0 aromatic carbocycles. The van der Waals surface area contributed by atoms with E-state index in [0.29, 0.717) is 23.2 Å². The highest BCUT2D eigenvalue weighted by Crippen LogP contribution is 2.21. The number of carbonyl (C=O) groups excluding carboxylic acids is 1. The van der Waals surface area contributed by atoms with Gasteiger partial charge in [0.1, 0.15) is 5.82 Å². The third kappa shape index (κ3) is 4.37. The Morgan fingerprint density at radius 1 is 1.46 bits per heavy atom. The third-order valence-electron chi connectivity index (χ3n) is 4.50. The fourth-order valence-corrected chi connectivity index (χ4v) is 2.96. The first-order chi connectivity index (χ1) is 12.6. The molecule has 2 N–H and O–H groups in total. The second kappa shape index (κ2) is 8.27. The number of rotatable bonds is 6. The summed E-state index contributed by atoms with van der Waals surface area (Å²) >= 11 is 0. The molecule has 2 aromatic rings. The molecule has 0 saturated carbocycles. The highest BCUT2D eigenvalue weighted by molar-refractivity contribution is 5.93. The molecule has 1 aliphatic heterocycles. The Morgan fingerprint density at radius 3 is 2.96 bits per heavy atom. The molecule has 0 aliphatic carbocycles. The number of hydrogen-bond donors (Lipinski definition) is 2. The molecule has 0 unspecified atom stereocenters. The minimum Gasteiger partial charge on any atom is -0.396 e. The summed E-state index contributed by atoms with van der Waals surface area (Å²) in [7, 11) is 0. The van der Waals surface area contributed by atoms with Crippen LogP contribution < -0.4 is 10.2 Å². The van der Waals surface area contributed by atoms with Gasteiger partial charge in [0.15, 0.2) is 5.82 Å². The van der Waals surface area contributed by atoms with Crippen molar-refractivity contribution in [2.75, 3.05) is 24.6 Å². The zero-order chi connectivity index (χ0) is 18.5. The molecule has 3 rings (SSSR count). The summed E-state index contributed by atoms with van der Waals surface area (Å²) in [6.45, 7) is 6.06. The van der Waals surface area contributed by atoms with Crippen molar-refractivity contribution in [1.82, 2.24) is 20.4 Å². The first kappa shape index (κ1) is 18.3. The lowest BCUT2D eigenvalue weighted by Crippen LogP contribution is -2.37. The van der Waals surface area contributed by atoms with Gasteiger partial charge in [-0.25, -0.2) is 4.98 Å². The summed E-state index contributed by atoms with van der Waals surface area (Å²) in [5.74, 6) is 2.06. The first-order valence-electron chi connectivity index (χ1n) is 8.99. The molecule has 26 heavy (non-hydrogen) atoms. The van der Waals surface area contributed by atoms with Crippen molar-refractivity contribution in [2.24, 2.45) is 5.92 Å². The van der Waals surface area contributed by atoms with Crippen LogP contribution in [-0.2, 0) is 6.54 Å². The molecule has 1 aliphatic rings. The molecular weight excluding hydrogens is 334 g/mol. The van der Waals surface area contributed by atoms with Crippen LogP contribution in [0.25, 0.3) is 0 Å². The summed E-state index contributed by atoms with van der Waals surface area (Å²) in [6, 6.07) is 3.61. The Bertz CT molecular complexity index is 729. The van der Waals surface area contributed by atoms with E-state index in [1.807, 2.05) is 19.9 Å². The van der Waals surface area contributed by atoms with E-state index in [9.17, 15) is 9.90 Å². The van der Waals surface area contributed by atoms with Gasteiger partial charge in [-0.2, -0.15) is 4.98 Å². The van der Waals surface area contributed by atoms with E-state index in [-0.39, 0.29) is 25.0 Å². The molecule has 1 fully saturated rings. The van der Waals surface area contributed by atoms with Crippen LogP contribution in [0.15, 0.2) is 22.9 Å². The molecule has 1 saturated heterocycles. The highest BCUT2D eigenvalue weighted by Gasteiger charge is 2.20. The Morgan fingerprint density at radius 2 is 2.31 bits per heavy atom. The van der Waals surface area contributed by atoms with Gasteiger partial charge >= 0.3 is 0 Å². The van der Waals surface area contributed by atoms with Crippen LogP contribution in [-0.4, -0.2) is 45.8 Å². The van der Waals surface area contributed by atoms with Gasteiger partial charge in [-0.15, -0.1) is 0 Å². The van der Waals surface area contributed by atoms with E-state index >= 15 is 0 Å². The van der Waals surface area contributed by atoms with Crippen LogP contribution in [0.1, 0.15) is 54.7 Å². The van der Waals surface area contributed by atoms with Crippen molar-refractivity contribution >= 4 is 11.7 Å². The molecule has 8 nitrogen and oxygen atoms in total. The Kier molecular flexibility index (Phi) is 5.82. The van der Waals surface area contributed by atoms with Gasteiger partial charge in [-0.1, -0.05) is 19.0 Å². The van der Waals surface area contributed by atoms with Crippen LogP contribution in [0.2, 0.25) is 0 Å². The summed E-state index contributed by atoms with van der Waals surface area (Å²) in [4.78, 5) is 23.1. The molecule has 8 heteroatoms. The number of piperidine rings is 1. The summed E-state index contributed by atoms with van der Waals surface area (Å²) in [5, 5.41) is 16.0. The number of nitrogens with one attached hydrogen (secondary N) is 1. The van der Waals surface area contributed by atoms with E-state index in [0.717, 1.165) is 31.7 Å². The SMILES string of the molecule is CC(C)c1nc(CNC(=O)c2ccc(N3CCC[C@@H](CO)C3)nc2)no1. The Labute approximate surface area is 152 Å². The maximum atomic E-state index is 12.3. The normalized spacial score (nSPS) is 17.5. The molecule has 0 bridgehead atoms. The summed E-state index contributed by atoms with van der Waals surface area (Å²) in [6.07, 6.45) is 3.66. The quantitative estimate of drug-likeness (QED) is 0.809. The van der Waals surface area contributed by atoms with Gasteiger partial charge in [0.2, 0.25) is 5.89 Å². The average Bonchev–Trinajstić information content (AvgIpc) is 3.16. The lowest BCUT2D eigenvalue weighted by molar-refractivity contribution is 0.0949. The van der Waals surface area contributed by atoms with E-state index in [2.05, 4.69) is 25.3 Å². The number of nitrogens with zero attached hydrogens (tertiary/aromatic N) is 4.